The number of aromatic nitrogens is 1. The number of thiazole rings is 1. The van der Waals surface area contributed by atoms with Crippen molar-refractivity contribution < 1.29 is 9.59 Å². The van der Waals surface area contributed by atoms with E-state index in [1.165, 1.54) is 36.3 Å². The molecule has 0 saturated heterocycles. The monoisotopic (exact) mass is 336 g/mol. The van der Waals surface area contributed by atoms with E-state index >= 15 is 0 Å². The molecule has 0 atom stereocenters. The second-order valence-electron chi connectivity index (χ2n) is 4.32. The zero-order chi connectivity index (χ0) is 16.1. The maximum atomic E-state index is 11.9. The maximum absolute atomic E-state index is 11.9. The van der Waals surface area contributed by atoms with Crippen LogP contribution < -0.4 is 10.3 Å². The van der Waals surface area contributed by atoms with Crippen molar-refractivity contribution in [2.45, 2.75) is 13.8 Å². The van der Waals surface area contributed by atoms with Gasteiger partial charge in [0.2, 0.25) is 11.8 Å². The maximum Gasteiger partial charge on any atom is 0.236 e. The minimum absolute atomic E-state index is 0.179. The largest absolute Gasteiger partial charge is 0.274 e. The summed E-state index contributed by atoms with van der Waals surface area (Å²) in [6.45, 7) is 2.81. The summed E-state index contributed by atoms with van der Waals surface area (Å²) in [5.41, 5.74) is 3.47. The lowest BCUT2D eigenvalue weighted by Gasteiger charge is -2.17. The smallest absolute Gasteiger partial charge is 0.236 e. The molecule has 2 rings (SSSR count). The van der Waals surface area contributed by atoms with Crippen LogP contribution in [-0.4, -0.2) is 23.0 Å². The lowest BCUT2D eigenvalue weighted by molar-refractivity contribution is -0.119. The summed E-state index contributed by atoms with van der Waals surface area (Å²) in [7, 11) is 0. The second-order valence-corrected chi connectivity index (χ2v) is 5.59. The number of nitrogens with one attached hydrogen (secondary N) is 1. The zero-order valence-corrected chi connectivity index (χ0v) is 13.5. The summed E-state index contributed by atoms with van der Waals surface area (Å²) in [5, 5.41) is 6.51. The molecule has 2 aromatic rings. The van der Waals surface area contributed by atoms with Crippen LogP contribution in [0.5, 0.6) is 0 Å². The quantitative estimate of drug-likeness (QED) is 0.689. The molecule has 2 amide bonds. The Labute approximate surface area is 136 Å². The van der Waals surface area contributed by atoms with Crippen LogP contribution >= 0.6 is 22.9 Å². The average Bonchev–Trinajstić information content (AvgIpc) is 2.86. The fourth-order valence-electron chi connectivity index (χ4n) is 1.67. The molecule has 8 heteroatoms. The molecule has 0 spiro atoms. The van der Waals surface area contributed by atoms with E-state index in [0.717, 1.165) is 0 Å². The van der Waals surface area contributed by atoms with Crippen LogP contribution in [0.25, 0.3) is 0 Å². The molecule has 0 unspecified atom stereocenters. The third-order valence-corrected chi connectivity index (χ3v) is 3.58. The summed E-state index contributed by atoms with van der Waals surface area (Å²) in [4.78, 5) is 28.5. The SMILES string of the molecule is CC(=O)N/N=C\c1csc(N(C(C)=O)c2cccc(Cl)c2)n1. The first kappa shape index (κ1) is 16.1. The van der Waals surface area contributed by atoms with E-state index in [1.54, 1.807) is 29.6 Å². The highest BCUT2D eigenvalue weighted by atomic mass is 35.5. The van der Waals surface area contributed by atoms with E-state index in [1.807, 2.05) is 0 Å². The van der Waals surface area contributed by atoms with Crippen LogP contribution in [0.1, 0.15) is 19.5 Å². The molecular weight excluding hydrogens is 324 g/mol. The topological polar surface area (TPSA) is 74.7 Å². The molecule has 22 heavy (non-hydrogen) atoms. The lowest BCUT2D eigenvalue weighted by atomic mass is 10.3. The Bertz CT molecular complexity index is 729. The van der Waals surface area contributed by atoms with Crippen molar-refractivity contribution in [2.75, 3.05) is 4.90 Å². The van der Waals surface area contributed by atoms with E-state index in [2.05, 4.69) is 15.5 Å². The van der Waals surface area contributed by atoms with Gasteiger partial charge in [0.15, 0.2) is 5.13 Å². The molecule has 0 fully saturated rings. The summed E-state index contributed by atoms with van der Waals surface area (Å²) in [6, 6.07) is 6.96. The predicted molar refractivity (Wildman–Crippen MR) is 87.8 cm³/mol. The number of hydrogen-bond donors (Lipinski definition) is 1. The predicted octanol–water partition coefficient (Wildman–Crippen LogP) is 2.95. The molecule has 0 aliphatic carbocycles. The van der Waals surface area contributed by atoms with Crippen LogP contribution in [0, 0.1) is 0 Å². The molecule has 1 heterocycles. The summed E-state index contributed by atoms with van der Waals surface area (Å²) < 4.78 is 0. The van der Waals surface area contributed by atoms with E-state index in [-0.39, 0.29) is 11.8 Å². The summed E-state index contributed by atoms with van der Waals surface area (Å²) >= 11 is 7.26. The number of halogens is 1. The van der Waals surface area contributed by atoms with Crippen molar-refractivity contribution in [3.05, 3.63) is 40.4 Å². The number of amides is 2. The van der Waals surface area contributed by atoms with E-state index < -0.39 is 0 Å². The van der Waals surface area contributed by atoms with Gasteiger partial charge in [-0.25, -0.2) is 10.4 Å². The fraction of sp³-hybridized carbons (Fsp3) is 0.143. The van der Waals surface area contributed by atoms with Crippen molar-refractivity contribution in [2.24, 2.45) is 5.10 Å². The number of anilines is 2. The number of hydrogen-bond acceptors (Lipinski definition) is 5. The van der Waals surface area contributed by atoms with Crippen LogP contribution in [0.3, 0.4) is 0 Å². The molecule has 1 aromatic carbocycles. The van der Waals surface area contributed by atoms with E-state index in [9.17, 15) is 9.59 Å². The van der Waals surface area contributed by atoms with Gasteiger partial charge in [0, 0.05) is 24.3 Å². The van der Waals surface area contributed by atoms with Crippen molar-refractivity contribution >= 4 is 51.8 Å². The van der Waals surface area contributed by atoms with Crippen LogP contribution in [0.15, 0.2) is 34.7 Å². The first-order valence-electron chi connectivity index (χ1n) is 6.29. The molecule has 0 aliphatic rings. The van der Waals surface area contributed by atoms with Gasteiger partial charge in [-0.15, -0.1) is 11.3 Å². The van der Waals surface area contributed by atoms with E-state index in [0.29, 0.717) is 21.5 Å². The third kappa shape index (κ3) is 4.12. The Hall–Kier alpha value is -2.25. The van der Waals surface area contributed by atoms with Gasteiger partial charge in [-0.2, -0.15) is 5.10 Å². The van der Waals surface area contributed by atoms with Gasteiger partial charge in [-0.1, -0.05) is 17.7 Å². The van der Waals surface area contributed by atoms with Gasteiger partial charge in [0.1, 0.15) is 0 Å². The Morgan fingerprint density at radius 3 is 2.82 bits per heavy atom. The number of hydrazone groups is 1. The number of rotatable bonds is 4. The Balaban J connectivity index is 2.27. The zero-order valence-electron chi connectivity index (χ0n) is 11.9. The average molecular weight is 337 g/mol. The first-order valence-corrected chi connectivity index (χ1v) is 7.54. The van der Waals surface area contributed by atoms with Gasteiger partial charge in [0.05, 0.1) is 17.6 Å². The standard InChI is InChI=1S/C14H13ClN4O2S/c1-9(20)18-16-7-12-8-22-14(17-12)19(10(2)21)13-5-3-4-11(15)6-13/h3-8H,1-2H3,(H,18,20)/b16-7-. The van der Waals surface area contributed by atoms with Crippen molar-refractivity contribution in [1.82, 2.24) is 10.4 Å². The second kappa shape index (κ2) is 7.15. The van der Waals surface area contributed by atoms with Gasteiger partial charge in [-0.05, 0) is 18.2 Å². The first-order chi connectivity index (χ1) is 10.5. The molecule has 6 nitrogen and oxygen atoms in total. The number of benzene rings is 1. The molecular formula is C14H13ClN4O2S. The summed E-state index contributed by atoms with van der Waals surface area (Å²) in [6.07, 6.45) is 1.41. The molecule has 0 saturated carbocycles. The van der Waals surface area contributed by atoms with Gasteiger partial charge in [-0.3, -0.25) is 14.5 Å². The number of carbonyl (C=O) groups excluding carboxylic acids is 2. The Morgan fingerprint density at radius 2 is 2.18 bits per heavy atom. The molecule has 114 valence electrons. The normalized spacial score (nSPS) is 10.7. The van der Waals surface area contributed by atoms with E-state index in [4.69, 9.17) is 11.6 Å². The van der Waals surface area contributed by atoms with Crippen molar-refractivity contribution in [3.8, 4) is 0 Å². The lowest BCUT2D eigenvalue weighted by Crippen LogP contribution is -2.22. The fourth-order valence-corrected chi connectivity index (χ4v) is 2.69. The minimum atomic E-state index is -0.268. The highest BCUT2D eigenvalue weighted by molar-refractivity contribution is 7.14. The van der Waals surface area contributed by atoms with Crippen LogP contribution in [0.4, 0.5) is 10.8 Å². The molecule has 1 aromatic heterocycles. The highest BCUT2D eigenvalue weighted by Gasteiger charge is 2.17. The van der Waals surface area contributed by atoms with Gasteiger partial charge < -0.3 is 0 Å². The number of nitrogens with zero attached hydrogens (tertiary/aromatic N) is 3. The molecule has 0 radical (unpaired) electrons. The number of carbonyl (C=O) groups is 2. The third-order valence-electron chi connectivity index (χ3n) is 2.50. The van der Waals surface area contributed by atoms with Crippen LogP contribution in [0.2, 0.25) is 5.02 Å². The molecule has 1 N–H and O–H groups in total. The summed E-state index contributed by atoms with van der Waals surface area (Å²) in [5.74, 6) is -0.446. The van der Waals surface area contributed by atoms with Gasteiger partial charge >= 0.3 is 0 Å². The minimum Gasteiger partial charge on any atom is -0.274 e. The molecule has 0 aliphatic heterocycles. The Morgan fingerprint density at radius 1 is 1.41 bits per heavy atom. The van der Waals surface area contributed by atoms with Crippen LogP contribution in [-0.2, 0) is 9.59 Å². The van der Waals surface area contributed by atoms with Crippen molar-refractivity contribution in [1.29, 1.82) is 0 Å². The van der Waals surface area contributed by atoms with Gasteiger partial charge in [0.25, 0.3) is 0 Å². The molecule has 0 bridgehead atoms. The van der Waals surface area contributed by atoms with Crippen molar-refractivity contribution in [3.63, 3.8) is 0 Å². The Kier molecular flexibility index (Phi) is 5.24. The highest BCUT2D eigenvalue weighted by Crippen LogP contribution is 2.30.